The third-order valence-corrected chi connectivity index (χ3v) is 6.92. The van der Waals surface area contributed by atoms with Crippen LogP contribution in [0.5, 0.6) is 0 Å². The second-order valence-electron chi connectivity index (χ2n) is 8.86. The van der Waals surface area contributed by atoms with Crippen molar-refractivity contribution in [3.63, 3.8) is 0 Å². The molecule has 3 aliphatic rings. The van der Waals surface area contributed by atoms with Crippen molar-refractivity contribution in [2.45, 2.75) is 50.7 Å². The minimum Gasteiger partial charge on any atom is -0.480 e. The summed E-state index contributed by atoms with van der Waals surface area (Å²) in [6.45, 7) is 5.76. The number of nitrogens with zero attached hydrogens (tertiary/aromatic N) is 5. The van der Waals surface area contributed by atoms with Gasteiger partial charge in [0.1, 0.15) is 11.7 Å². The van der Waals surface area contributed by atoms with Gasteiger partial charge in [-0.25, -0.2) is 0 Å². The Morgan fingerprint density at radius 1 is 1.19 bits per heavy atom. The zero-order valence-electron chi connectivity index (χ0n) is 18.0. The Labute approximate surface area is 188 Å². The van der Waals surface area contributed by atoms with Gasteiger partial charge in [0.2, 0.25) is 0 Å². The Kier molecular flexibility index (Phi) is 6.79. The standard InChI is InChI=1S/C22H31ClN6O2/c1-15-12-29(18-6-8-27(9-7-18)21-11-20(24)25-26-21)19(13-28(15)14-22(30)31)10-16-2-4-17(23)5-3-16/h2-5,15,18-19H,6-14H2,1H3,(H2,24,25)(H,30,31)/t15-,19?/m0/s1. The van der Waals surface area contributed by atoms with E-state index >= 15 is 0 Å². The van der Waals surface area contributed by atoms with Gasteiger partial charge in [-0.3, -0.25) is 14.6 Å². The van der Waals surface area contributed by atoms with E-state index in [4.69, 9.17) is 17.3 Å². The van der Waals surface area contributed by atoms with Crippen LogP contribution < -0.4 is 5.73 Å². The number of benzene rings is 1. The van der Waals surface area contributed by atoms with Gasteiger partial charge in [-0.2, -0.15) is 0 Å². The Morgan fingerprint density at radius 3 is 2.52 bits per heavy atom. The van der Waals surface area contributed by atoms with Gasteiger partial charge in [-0.1, -0.05) is 23.7 Å². The molecule has 0 bridgehead atoms. The molecule has 3 N–H and O–H groups in total. The maximum atomic E-state index is 11.4. The summed E-state index contributed by atoms with van der Waals surface area (Å²) in [5.41, 5.74) is 7.02. The number of piperidine rings is 1. The molecule has 9 heteroatoms. The SMILES string of the molecule is C[C@H]1CN(C2CCN(C3=NN=C(N)C3)CC2)C(Cc2ccc(Cl)cc2)CN1CC(=O)O. The van der Waals surface area contributed by atoms with Crippen LogP contribution in [-0.4, -0.2) is 88.3 Å². The monoisotopic (exact) mass is 446 g/mol. The van der Waals surface area contributed by atoms with E-state index in [0.717, 1.165) is 56.3 Å². The van der Waals surface area contributed by atoms with Crippen molar-refractivity contribution in [3.8, 4) is 0 Å². The molecule has 2 fully saturated rings. The van der Waals surface area contributed by atoms with Crippen LogP contribution >= 0.6 is 11.6 Å². The zero-order chi connectivity index (χ0) is 22.0. The molecule has 1 aromatic rings. The molecule has 1 unspecified atom stereocenters. The summed E-state index contributed by atoms with van der Waals surface area (Å²) in [4.78, 5) is 18.4. The first-order valence-electron chi connectivity index (χ1n) is 11.0. The first-order valence-corrected chi connectivity index (χ1v) is 11.4. The van der Waals surface area contributed by atoms with Crippen LogP contribution in [0.15, 0.2) is 34.5 Å². The molecule has 31 heavy (non-hydrogen) atoms. The molecule has 8 nitrogen and oxygen atoms in total. The zero-order valence-corrected chi connectivity index (χ0v) is 18.7. The first-order chi connectivity index (χ1) is 14.9. The second kappa shape index (κ2) is 9.54. The average Bonchev–Trinajstić information content (AvgIpc) is 3.18. The minimum atomic E-state index is -0.766. The van der Waals surface area contributed by atoms with Crippen LogP contribution in [0.4, 0.5) is 0 Å². The molecule has 4 rings (SSSR count). The summed E-state index contributed by atoms with van der Waals surface area (Å²) in [5, 5.41) is 18.3. The number of hydrogen-bond donors (Lipinski definition) is 2. The van der Waals surface area contributed by atoms with E-state index in [9.17, 15) is 9.90 Å². The van der Waals surface area contributed by atoms with Crippen LogP contribution in [0.1, 0.15) is 31.7 Å². The fourth-order valence-corrected chi connectivity index (χ4v) is 5.15. The molecule has 2 saturated heterocycles. The second-order valence-corrected chi connectivity index (χ2v) is 9.29. The lowest BCUT2D eigenvalue weighted by Crippen LogP contribution is -2.62. The van der Waals surface area contributed by atoms with Crippen molar-refractivity contribution in [1.29, 1.82) is 0 Å². The van der Waals surface area contributed by atoms with E-state index in [-0.39, 0.29) is 18.6 Å². The van der Waals surface area contributed by atoms with Crippen molar-refractivity contribution in [3.05, 3.63) is 34.9 Å². The number of rotatable bonds is 5. The van der Waals surface area contributed by atoms with Gasteiger partial charge >= 0.3 is 5.97 Å². The van der Waals surface area contributed by atoms with Gasteiger partial charge in [-0.15, -0.1) is 10.2 Å². The number of nitrogens with two attached hydrogens (primary N) is 1. The van der Waals surface area contributed by atoms with Crippen LogP contribution in [-0.2, 0) is 11.2 Å². The number of halogens is 1. The summed E-state index contributed by atoms with van der Waals surface area (Å²) >= 11 is 6.07. The molecule has 0 amide bonds. The van der Waals surface area contributed by atoms with Crippen molar-refractivity contribution in [2.24, 2.45) is 15.9 Å². The highest BCUT2D eigenvalue weighted by atomic mass is 35.5. The highest BCUT2D eigenvalue weighted by Crippen LogP contribution is 2.27. The van der Waals surface area contributed by atoms with Crippen molar-refractivity contribution in [1.82, 2.24) is 14.7 Å². The van der Waals surface area contributed by atoms with E-state index < -0.39 is 5.97 Å². The molecule has 0 aliphatic carbocycles. The Bertz CT molecular complexity index is 850. The average molecular weight is 447 g/mol. The van der Waals surface area contributed by atoms with Gasteiger partial charge in [0.05, 0.1) is 13.0 Å². The normalized spacial score (nSPS) is 26.1. The lowest BCUT2D eigenvalue weighted by molar-refractivity contribution is -0.140. The smallest absolute Gasteiger partial charge is 0.317 e. The number of carboxylic acid groups (broad SMARTS) is 1. The molecule has 168 valence electrons. The van der Waals surface area contributed by atoms with Gasteiger partial charge in [0, 0.05) is 49.3 Å². The van der Waals surface area contributed by atoms with E-state index in [2.05, 4.69) is 44.0 Å². The Balaban J connectivity index is 1.44. The van der Waals surface area contributed by atoms with Crippen molar-refractivity contribution < 1.29 is 9.90 Å². The number of carboxylic acids is 1. The van der Waals surface area contributed by atoms with Crippen LogP contribution in [0.3, 0.4) is 0 Å². The summed E-state index contributed by atoms with van der Waals surface area (Å²) in [6.07, 6.45) is 3.65. The molecule has 1 aromatic carbocycles. The molecular formula is C22H31ClN6O2. The lowest BCUT2D eigenvalue weighted by Gasteiger charge is -2.50. The predicted molar refractivity (Wildman–Crippen MR) is 123 cm³/mol. The van der Waals surface area contributed by atoms with Gasteiger partial charge in [-0.05, 0) is 43.9 Å². The van der Waals surface area contributed by atoms with Crippen LogP contribution in [0, 0.1) is 0 Å². The quantitative estimate of drug-likeness (QED) is 0.716. The fraction of sp³-hybridized carbons (Fsp3) is 0.591. The first kappa shape index (κ1) is 22.0. The number of piperazine rings is 1. The van der Waals surface area contributed by atoms with E-state index in [0.29, 0.717) is 18.3 Å². The highest BCUT2D eigenvalue weighted by molar-refractivity contribution is 6.30. The van der Waals surface area contributed by atoms with Gasteiger partial charge in [0.25, 0.3) is 0 Å². The lowest BCUT2D eigenvalue weighted by atomic mass is 9.94. The van der Waals surface area contributed by atoms with Crippen LogP contribution in [0.2, 0.25) is 5.02 Å². The molecule has 0 spiro atoms. The number of aliphatic carboxylic acids is 1. The van der Waals surface area contributed by atoms with Crippen LogP contribution in [0.25, 0.3) is 0 Å². The predicted octanol–water partition coefficient (Wildman–Crippen LogP) is 1.88. The minimum absolute atomic E-state index is 0.0891. The number of hydrogen-bond acceptors (Lipinski definition) is 7. The molecule has 2 atom stereocenters. The Hall–Kier alpha value is -2.16. The van der Waals surface area contributed by atoms with Gasteiger partial charge in [0.15, 0.2) is 0 Å². The Morgan fingerprint density at radius 2 is 1.90 bits per heavy atom. The molecular weight excluding hydrogens is 416 g/mol. The van der Waals surface area contributed by atoms with E-state index in [1.807, 2.05) is 12.1 Å². The third-order valence-electron chi connectivity index (χ3n) is 6.67. The third kappa shape index (κ3) is 5.37. The highest BCUT2D eigenvalue weighted by Gasteiger charge is 2.37. The maximum Gasteiger partial charge on any atom is 0.317 e. The fourth-order valence-electron chi connectivity index (χ4n) is 5.03. The summed E-state index contributed by atoms with van der Waals surface area (Å²) in [5.74, 6) is 0.800. The van der Waals surface area contributed by atoms with E-state index in [1.165, 1.54) is 5.56 Å². The van der Waals surface area contributed by atoms with E-state index in [1.54, 1.807) is 0 Å². The molecule has 0 saturated carbocycles. The molecule has 3 aliphatic heterocycles. The summed E-state index contributed by atoms with van der Waals surface area (Å²) in [7, 11) is 0. The summed E-state index contributed by atoms with van der Waals surface area (Å²) < 4.78 is 0. The molecule has 0 aromatic heterocycles. The number of amidine groups is 2. The van der Waals surface area contributed by atoms with Gasteiger partial charge < -0.3 is 15.7 Å². The van der Waals surface area contributed by atoms with Crippen molar-refractivity contribution in [2.75, 3.05) is 32.7 Å². The molecule has 3 heterocycles. The largest absolute Gasteiger partial charge is 0.480 e. The number of carbonyl (C=O) groups is 1. The number of likely N-dealkylation sites (tertiary alicyclic amines) is 1. The topological polar surface area (TPSA) is 97.8 Å². The van der Waals surface area contributed by atoms with Crippen molar-refractivity contribution >= 4 is 29.2 Å². The molecule has 0 radical (unpaired) electrons. The summed E-state index contributed by atoms with van der Waals surface area (Å²) in [6, 6.07) is 8.96. The maximum absolute atomic E-state index is 11.4.